The Morgan fingerprint density at radius 1 is 1.40 bits per heavy atom. The average molecular weight is 270 g/mol. The van der Waals surface area contributed by atoms with Gasteiger partial charge in [0, 0.05) is 18.1 Å². The van der Waals surface area contributed by atoms with E-state index >= 15 is 0 Å². The van der Waals surface area contributed by atoms with Crippen LogP contribution in [-0.2, 0) is 6.42 Å². The number of fused-ring (bicyclic) bond motifs is 1. The number of pyridine rings is 1. The van der Waals surface area contributed by atoms with Crippen LogP contribution in [0, 0.1) is 0 Å². The molecule has 1 aliphatic heterocycles. The molecule has 1 saturated heterocycles. The third-order valence-electron chi connectivity index (χ3n) is 3.86. The molecular weight excluding hydrogens is 248 g/mol. The maximum atomic E-state index is 6.18. The third kappa shape index (κ3) is 2.93. The lowest BCUT2D eigenvalue weighted by molar-refractivity contribution is 0.225. The van der Waals surface area contributed by atoms with E-state index in [1.165, 1.54) is 23.8 Å². The summed E-state index contributed by atoms with van der Waals surface area (Å²) in [6.07, 6.45) is 6.74. The summed E-state index contributed by atoms with van der Waals surface area (Å²) < 4.78 is 6.18. The first-order valence-corrected chi connectivity index (χ1v) is 7.62. The van der Waals surface area contributed by atoms with Crippen LogP contribution < -0.4 is 10.1 Å². The molecule has 0 bridgehead atoms. The molecule has 3 rings (SSSR count). The quantitative estimate of drug-likeness (QED) is 0.905. The molecule has 3 nitrogen and oxygen atoms in total. The van der Waals surface area contributed by atoms with E-state index in [0.29, 0.717) is 0 Å². The van der Waals surface area contributed by atoms with Crippen molar-refractivity contribution in [2.24, 2.45) is 0 Å². The Labute approximate surface area is 120 Å². The number of benzene rings is 1. The molecule has 2 heterocycles. The van der Waals surface area contributed by atoms with Crippen LogP contribution in [0.2, 0.25) is 0 Å². The summed E-state index contributed by atoms with van der Waals surface area (Å²) in [5.41, 5.74) is 2.34. The van der Waals surface area contributed by atoms with Gasteiger partial charge in [-0.1, -0.05) is 19.4 Å². The lowest BCUT2D eigenvalue weighted by Gasteiger charge is -2.15. The van der Waals surface area contributed by atoms with Crippen LogP contribution in [0.4, 0.5) is 0 Å². The third-order valence-corrected chi connectivity index (χ3v) is 3.86. The van der Waals surface area contributed by atoms with Gasteiger partial charge in [0.05, 0.1) is 0 Å². The zero-order chi connectivity index (χ0) is 13.8. The highest BCUT2D eigenvalue weighted by Crippen LogP contribution is 2.28. The standard InChI is InChI=1S/C17H22N2O/c1-2-3-5-13-10-14-6-4-8-19-17(14)16(11-13)20-15-7-9-18-12-15/h4,6,8,10-11,15,18H,2-3,5,7,9,12H2,1H3/t15-/m0/s1. The van der Waals surface area contributed by atoms with Gasteiger partial charge in [-0.2, -0.15) is 0 Å². The number of nitrogens with zero attached hydrogens (tertiary/aromatic N) is 1. The molecule has 1 aromatic carbocycles. The molecular formula is C17H22N2O. The van der Waals surface area contributed by atoms with E-state index in [0.717, 1.165) is 37.2 Å². The Balaban J connectivity index is 1.93. The number of rotatable bonds is 5. The molecule has 0 unspecified atom stereocenters. The monoisotopic (exact) mass is 270 g/mol. The Bertz CT molecular complexity index is 576. The number of ether oxygens (including phenoxy) is 1. The number of hydrogen-bond donors (Lipinski definition) is 1. The fraction of sp³-hybridized carbons (Fsp3) is 0.471. The van der Waals surface area contributed by atoms with Gasteiger partial charge in [-0.3, -0.25) is 4.98 Å². The van der Waals surface area contributed by atoms with Crippen molar-refractivity contribution in [1.29, 1.82) is 0 Å². The minimum Gasteiger partial charge on any atom is -0.487 e. The Morgan fingerprint density at radius 2 is 2.35 bits per heavy atom. The lowest BCUT2D eigenvalue weighted by atomic mass is 10.0. The number of hydrogen-bond acceptors (Lipinski definition) is 3. The molecule has 106 valence electrons. The predicted molar refractivity (Wildman–Crippen MR) is 82.3 cm³/mol. The highest BCUT2D eigenvalue weighted by atomic mass is 16.5. The number of unbranched alkanes of at least 4 members (excludes halogenated alkanes) is 1. The zero-order valence-corrected chi connectivity index (χ0v) is 12.1. The first-order chi connectivity index (χ1) is 9.86. The Morgan fingerprint density at radius 3 is 3.15 bits per heavy atom. The van der Waals surface area contributed by atoms with Crippen molar-refractivity contribution in [3.8, 4) is 5.75 Å². The van der Waals surface area contributed by atoms with Gasteiger partial charge in [0.15, 0.2) is 0 Å². The van der Waals surface area contributed by atoms with Crippen molar-refractivity contribution in [1.82, 2.24) is 10.3 Å². The second kappa shape index (κ2) is 6.23. The summed E-state index contributed by atoms with van der Waals surface area (Å²) in [6.45, 7) is 4.21. The van der Waals surface area contributed by atoms with Crippen molar-refractivity contribution >= 4 is 10.9 Å². The molecule has 1 atom stereocenters. The van der Waals surface area contributed by atoms with Gasteiger partial charge < -0.3 is 10.1 Å². The van der Waals surface area contributed by atoms with Gasteiger partial charge in [-0.25, -0.2) is 0 Å². The minimum absolute atomic E-state index is 0.279. The van der Waals surface area contributed by atoms with Crippen LogP contribution in [0.15, 0.2) is 30.5 Å². The molecule has 1 fully saturated rings. The van der Waals surface area contributed by atoms with Crippen molar-refractivity contribution in [3.63, 3.8) is 0 Å². The molecule has 0 aliphatic carbocycles. The van der Waals surface area contributed by atoms with Gasteiger partial charge >= 0.3 is 0 Å². The van der Waals surface area contributed by atoms with E-state index in [9.17, 15) is 0 Å². The summed E-state index contributed by atoms with van der Waals surface area (Å²) >= 11 is 0. The predicted octanol–water partition coefficient (Wildman–Crippen LogP) is 3.32. The second-order valence-electron chi connectivity index (χ2n) is 5.51. The fourth-order valence-corrected chi connectivity index (χ4v) is 2.74. The molecule has 20 heavy (non-hydrogen) atoms. The molecule has 0 amide bonds. The van der Waals surface area contributed by atoms with E-state index in [1.807, 2.05) is 12.3 Å². The molecule has 1 aliphatic rings. The molecule has 1 N–H and O–H groups in total. The SMILES string of the molecule is CCCCc1cc(O[C@H]2CCNC2)c2ncccc2c1. The van der Waals surface area contributed by atoms with E-state index < -0.39 is 0 Å². The van der Waals surface area contributed by atoms with Gasteiger partial charge in [-0.15, -0.1) is 0 Å². The highest BCUT2D eigenvalue weighted by Gasteiger charge is 2.17. The normalized spacial score (nSPS) is 18.6. The van der Waals surface area contributed by atoms with Crippen LogP contribution >= 0.6 is 0 Å². The Kier molecular flexibility index (Phi) is 4.16. The van der Waals surface area contributed by atoms with Crippen molar-refractivity contribution in [2.75, 3.05) is 13.1 Å². The fourth-order valence-electron chi connectivity index (χ4n) is 2.74. The second-order valence-corrected chi connectivity index (χ2v) is 5.51. The zero-order valence-electron chi connectivity index (χ0n) is 12.1. The maximum Gasteiger partial charge on any atom is 0.146 e. The molecule has 0 saturated carbocycles. The topological polar surface area (TPSA) is 34.1 Å². The van der Waals surface area contributed by atoms with E-state index in [-0.39, 0.29) is 6.10 Å². The first-order valence-electron chi connectivity index (χ1n) is 7.62. The Hall–Kier alpha value is -1.61. The van der Waals surface area contributed by atoms with Crippen molar-refractivity contribution in [3.05, 3.63) is 36.0 Å². The van der Waals surface area contributed by atoms with Crippen molar-refractivity contribution < 1.29 is 4.74 Å². The average Bonchev–Trinajstić information content (AvgIpc) is 2.98. The van der Waals surface area contributed by atoms with Gasteiger partial charge in [0.1, 0.15) is 17.4 Å². The van der Waals surface area contributed by atoms with Crippen LogP contribution in [0.3, 0.4) is 0 Å². The molecule has 0 radical (unpaired) electrons. The van der Waals surface area contributed by atoms with E-state index in [2.05, 4.69) is 35.4 Å². The van der Waals surface area contributed by atoms with Crippen molar-refractivity contribution in [2.45, 2.75) is 38.7 Å². The number of aromatic nitrogens is 1. The summed E-state index contributed by atoms with van der Waals surface area (Å²) in [7, 11) is 0. The largest absolute Gasteiger partial charge is 0.487 e. The van der Waals surface area contributed by atoms with Gasteiger partial charge in [0.2, 0.25) is 0 Å². The van der Waals surface area contributed by atoms with E-state index in [1.54, 1.807) is 0 Å². The molecule has 1 aromatic heterocycles. The molecule has 3 heteroatoms. The summed E-state index contributed by atoms with van der Waals surface area (Å²) in [5.74, 6) is 0.947. The van der Waals surface area contributed by atoms with Gasteiger partial charge in [-0.05, 0) is 49.6 Å². The highest BCUT2D eigenvalue weighted by molar-refractivity contribution is 5.85. The van der Waals surface area contributed by atoms with Crippen LogP contribution in [-0.4, -0.2) is 24.2 Å². The van der Waals surface area contributed by atoms with E-state index in [4.69, 9.17) is 4.74 Å². The van der Waals surface area contributed by atoms with Crippen LogP contribution in [0.25, 0.3) is 10.9 Å². The minimum atomic E-state index is 0.279. The maximum absolute atomic E-state index is 6.18. The van der Waals surface area contributed by atoms with Gasteiger partial charge in [0.25, 0.3) is 0 Å². The lowest BCUT2D eigenvalue weighted by Crippen LogP contribution is -2.19. The van der Waals surface area contributed by atoms with Crippen LogP contribution in [0.1, 0.15) is 31.7 Å². The molecule has 0 spiro atoms. The summed E-state index contributed by atoms with van der Waals surface area (Å²) in [5, 5.41) is 4.53. The smallest absolute Gasteiger partial charge is 0.146 e. The molecule has 2 aromatic rings. The number of nitrogens with one attached hydrogen (secondary N) is 1. The van der Waals surface area contributed by atoms with Crippen LogP contribution in [0.5, 0.6) is 5.75 Å². The number of aryl methyl sites for hydroxylation is 1. The first kappa shape index (κ1) is 13.4. The summed E-state index contributed by atoms with van der Waals surface area (Å²) in [4.78, 5) is 4.50. The summed E-state index contributed by atoms with van der Waals surface area (Å²) in [6, 6.07) is 8.55.